The molecule has 1 atom stereocenters. The molecule has 0 aliphatic carbocycles. The smallest absolute Gasteiger partial charge is 0.137 e. The predicted molar refractivity (Wildman–Crippen MR) is 71.7 cm³/mol. The monoisotopic (exact) mass is 309 g/mol. The van der Waals surface area contributed by atoms with E-state index in [1.807, 2.05) is 13.0 Å². The summed E-state index contributed by atoms with van der Waals surface area (Å²) in [6.45, 7) is 2.77. The van der Waals surface area contributed by atoms with Crippen LogP contribution in [0, 0.1) is 5.82 Å². The first-order chi connectivity index (χ1) is 8.74. The van der Waals surface area contributed by atoms with Crippen molar-refractivity contribution in [2.75, 3.05) is 6.54 Å². The van der Waals surface area contributed by atoms with Crippen LogP contribution in [0.2, 0.25) is 0 Å². The van der Waals surface area contributed by atoms with Gasteiger partial charge >= 0.3 is 0 Å². The zero-order chi connectivity index (χ0) is 13.0. The number of nitrogens with one attached hydrogen (secondary N) is 1. The van der Waals surface area contributed by atoms with Gasteiger partial charge in [-0.05, 0) is 34.1 Å². The predicted octanol–water partition coefficient (Wildman–Crippen LogP) is 3.08. The molecule has 0 amide bonds. The van der Waals surface area contributed by atoms with Crippen LogP contribution in [0.3, 0.4) is 0 Å². The van der Waals surface area contributed by atoms with E-state index in [2.05, 4.69) is 31.2 Å². The van der Waals surface area contributed by atoms with Crippen LogP contribution in [0.1, 0.15) is 24.1 Å². The van der Waals surface area contributed by atoms with Crippen LogP contribution in [0.25, 0.3) is 0 Å². The van der Waals surface area contributed by atoms with Crippen molar-refractivity contribution in [1.82, 2.24) is 15.3 Å². The zero-order valence-corrected chi connectivity index (χ0v) is 11.5. The van der Waals surface area contributed by atoms with Gasteiger partial charge in [0.1, 0.15) is 12.1 Å². The molecule has 2 rings (SSSR count). The van der Waals surface area contributed by atoms with Crippen LogP contribution < -0.4 is 5.32 Å². The molecule has 0 bridgehead atoms. The van der Waals surface area contributed by atoms with Crippen LogP contribution in [-0.4, -0.2) is 16.5 Å². The average molecular weight is 310 g/mol. The van der Waals surface area contributed by atoms with Crippen molar-refractivity contribution in [3.63, 3.8) is 0 Å². The highest BCUT2D eigenvalue weighted by Gasteiger charge is 2.18. The Morgan fingerprint density at radius 1 is 1.33 bits per heavy atom. The Bertz CT molecular complexity index is 519. The van der Waals surface area contributed by atoms with E-state index in [0.717, 1.165) is 17.7 Å². The fourth-order valence-corrected chi connectivity index (χ4v) is 2.31. The molecule has 1 heterocycles. The minimum absolute atomic E-state index is 0.124. The maximum atomic E-state index is 13.6. The van der Waals surface area contributed by atoms with Gasteiger partial charge in [0, 0.05) is 18.0 Å². The Balaban J connectivity index is 2.45. The lowest BCUT2D eigenvalue weighted by molar-refractivity contribution is 0.593. The third kappa shape index (κ3) is 2.73. The number of nitrogens with zero attached hydrogens (tertiary/aromatic N) is 2. The highest BCUT2D eigenvalue weighted by Crippen LogP contribution is 2.29. The van der Waals surface area contributed by atoms with Gasteiger partial charge in [0.15, 0.2) is 0 Å². The highest BCUT2D eigenvalue weighted by molar-refractivity contribution is 9.10. The molecule has 2 aromatic rings. The summed E-state index contributed by atoms with van der Waals surface area (Å²) >= 11 is 3.29. The van der Waals surface area contributed by atoms with Gasteiger partial charge < -0.3 is 5.32 Å². The largest absolute Gasteiger partial charge is 0.306 e. The van der Waals surface area contributed by atoms with Crippen molar-refractivity contribution in [2.45, 2.75) is 13.0 Å². The van der Waals surface area contributed by atoms with Crippen LogP contribution in [0.4, 0.5) is 4.39 Å². The SMILES string of the molecule is CCNC(c1cncnc1)c1cccc(F)c1Br. The summed E-state index contributed by atoms with van der Waals surface area (Å²) in [5.41, 5.74) is 1.75. The fourth-order valence-electron chi connectivity index (χ4n) is 1.81. The Morgan fingerprint density at radius 3 is 2.72 bits per heavy atom. The van der Waals surface area contributed by atoms with Crippen LogP contribution >= 0.6 is 15.9 Å². The number of halogens is 2. The van der Waals surface area contributed by atoms with E-state index >= 15 is 0 Å². The lowest BCUT2D eigenvalue weighted by Gasteiger charge is -2.19. The Kier molecular flexibility index (Phi) is 4.38. The van der Waals surface area contributed by atoms with E-state index in [1.165, 1.54) is 12.4 Å². The van der Waals surface area contributed by atoms with Crippen molar-refractivity contribution >= 4 is 15.9 Å². The summed E-state index contributed by atoms with van der Waals surface area (Å²) < 4.78 is 14.1. The molecule has 0 saturated carbocycles. The quantitative estimate of drug-likeness (QED) is 0.943. The molecule has 0 aliphatic heterocycles. The maximum Gasteiger partial charge on any atom is 0.137 e. The van der Waals surface area contributed by atoms with Crippen molar-refractivity contribution in [3.05, 3.63) is 58.3 Å². The van der Waals surface area contributed by atoms with Crippen molar-refractivity contribution < 1.29 is 4.39 Å². The second kappa shape index (κ2) is 6.02. The Hall–Kier alpha value is -1.33. The van der Waals surface area contributed by atoms with E-state index in [4.69, 9.17) is 0 Å². The molecule has 0 aliphatic rings. The minimum atomic E-state index is -0.271. The van der Waals surface area contributed by atoms with Crippen LogP contribution in [0.15, 0.2) is 41.4 Å². The van der Waals surface area contributed by atoms with Gasteiger partial charge in [-0.1, -0.05) is 19.1 Å². The average Bonchev–Trinajstić information content (AvgIpc) is 2.41. The Labute approximate surface area is 114 Å². The fraction of sp³-hybridized carbons (Fsp3) is 0.231. The lowest BCUT2D eigenvalue weighted by atomic mass is 10.0. The van der Waals surface area contributed by atoms with E-state index in [0.29, 0.717) is 4.47 Å². The molecule has 0 spiro atoms. The molecular weight excluding hydrogens is 297 g/mol. The summed E-state index contributed by atoms with van der Waals surface area (Å²) in [4.78, 5) is 8.01. The second-order valence-corrected chi connectivity index (χ2v) is 4.60. The molecule has 0 fully saturated rings. The third-order valence-corrected chi connectivity index (χ3v) is 3.45. The minimum Gasteiger partial charge on any atom is -0.306 e. The summed E-state index contributed by atoms with van der Waals surface area (Å²) in [6.07, 6.45) is 4.95. The van der Waals surface area contributed by atoms with Crippen molar-refractivity contribution in [3.8, 4) is 0 Å². The van der Waals surface area contributed by atoms with Crippen LogP contribution in [-0.2, 0) is 0 Å². The summed E-state index contributed by atoms with van der Waals surface area (Å²) in [5, 5.41) is 3.31. The second-order valence-electron chi connectivity index (χ2n) is 3.81. The van der Waals surface area contributed by atoms with Gasteiger partial charge in [-0.15, -0.1) is 0 Å². The van der Waals surface area contributed by atoms with Crippen LogP contribution in [0.5, 0.6) is 0 Å². The first kappa shape index (κ1) is 13.1. The number of aromatic nitrogens is 2. The molecule has 0 saturated heterocycles. The first-order valence-electron chi connectivity index (χ1n) is 5.66. The van der Waals surface area contributed by atoms with Gasteiger partial charge in [0.25, 0.3) is 0 Å². The topological polar surface area (TPSA) is 37.8 Å². The molecule has 1 aromatic carbocycles. The standard InChI is InChI=1S/C13H13BrFN3/c1-2-18-13(9-6-16-8-17-7-9)10-4-3-5-11(15)12(10)14/h3-8,13,18H,2H2,1H3. The van der Waals surface area contributed by atoms with Gasteiger partial charge in [-0.2, -0.15) is 0 Å². The molecule has 18 heavy (non-hydrogen) atoms. The lowest BCUT2D eigenvalue weighted by Crippen LogP contribution is -2.22. The molecule has 1 aromatic heterocycles. The van der Waals surface area contributed by atoms with Gasteiger partial charge in [0.2, 0.25) is 0 Å². The number of rotatable bonds is 4. The summed E-state index contributed by atoms with van der Waals surface area (Å²) in [6, 6.07) is 4.89. The molecule has 3 nitrogen and oxygen atoms in total. The number of benzene rings is 1. The van der Waals surface area contributed by atoms with Gasteiger partial charge in [0.05, 0.1) is 10.5 Å². The molecule has 5 heteroatoms. The number of hydrogen-bond acceptors (Lipinski definition) is 3. The normalized spacial score (nSPS) is 12.4. The number of hydrogen-bond donors (Lipinski definition) is 1. The highest BCUT2D eigenvalue weighted by atomic mass is 79.9. The van der Waals surface area contributed by atoms with E-state index in [1.54, 1.807) is 18.5 Å². The summed E-state index contributed by atoms with van der Waals surface area (Å²) in [5.74, 6) is -0.271. The molecule has 0 radical (unpaired) electrons. The zero-order valence-electron chi connectivity index (χ0n) is 9.90. The van der Waals surface area contributed by atoms with E-state index < -0.39 is 0 Å². The van der Waals surface area contributed by atoms with Crippen molar-refractivity contribution in [2.24, 2.45) is 0 Å². The maximum absolute atomic E-state index is 13.6. The molecular formula is C13H13BrFN3. The van der Waals surface area contributed by atoms with Gasteiger partial charge in [-0.3, -0.25) is 0 Å². The molecule has 94 valence electrons. The summed E-state index contributed by atoms with van der Waals surface area (Å²) in [7, 11) is 0. The van der Waals surface area contributed by atoms with E-state index in [9.17, 15) is 4.39 Å². The Morgan fingerprint density at radius 2 is 2.06 bits per heavy atom. The van der Waals surface area contributed by atoms with Gasteiger partial charge in [-0.25, -0.2) is 14.4 Å². The van der Waals surface area contributed by atoms with Crippen molar-refractivity contribution in [1.29, 1.82) is 0 Å². The molecule has 1 N–H and O–H groups in total. The third-order valence-electron chi connectivity index (χ3n) is 2.61. The van der Waals surface area contributed by atoms with E-state index in [-0.39, 0.29) is 11.9 Å². The first-order valence-corrected chi connectivity index (χ1v) is 6.45. The molecule has 1 unspecified atom stereocenters.